The van der Waals surface area contributed by atoms with Gasteiger partial charge < -0.3 is 0 Å². The first-order valence-electron chi connectivity index (χ1n) is 4.77. The maximum absolute atomic E-state index is 5.64. The minimum absolute atomic E-state index is 0.134. The highest BCUT2D eigenvalue weighted by Gasteiger charge is 2.16. The second kappa shape index (κ2) is 4.45. The average molecular weight is 238 g/mol. The van der Waals surface area contributed by atoms with Crippen molar-refractivity contribution in [3.63, 3.8) is 0 Å². The molecule has 0 aliphatic carbocycles. The molecule has 0 saturated carbocycles. The van der Waals surface area contributed by atoms with E-state index in [9.17, 15) is 0 Å². The van der Waals surface area contributed by atoms with Gasteiger partial charge >= 0.3 is 0 Å². The Morgan fingerprint density at radius 1 is 1.27 bits per heavy atom. The SMILES string of the molecule is Cc1ccc(C(NN)c2cscc2C)s1. The molecule has 80 valence electrons. The van der Waals surface area contributed by atoms with Crippen molar-refractivity contribution in [2.24, 2.45) is 5.84 Å². The number of nitrogens with two attached hydrogens (primary N) is 1. The van der Waals surface area contributed by atoms with Gasteiger partial charge in [0.05, 0.1) is 6.04 Å². The second-order valence-electron chi connectivity index (χ2n) is 3.56. The molecule has 1 atom stereocenters. The fourth-order valence-electron chi connectivity index (χ4n) is 1.60. The fourth-order valence-corrected chi connectivity index (χ4v) is 3.43. The summed E-state index contributed by atoms with van der Waals surface area (Å²) in [5.74, 6) is 5.64. The highest BCUT2D eigenvalue weighted by Crippen LogP contribution is 2.31. The van der Waals surface area contributed by atoms with Gasteiger partial charge in [0.2, 0.25) is 0 Å². The lowest BCUT2D eigenvalue weighted by Gasteiger charge is -2.14. The first-order valence-corrected chi connectivity index (χ1v) is 6.53. The smallest absolute Gasteiger partial charge is 0.0813 e. The van der Waals surface area contributed by atoms with Crippen molar-refractivity contribution in [2.75, 3.05) is 0 Å². The zero-order valence-electron chi connectivity index (χ0n) is 8.78. The van der Waals surface area contributed by atoms with Gasteiger partial charge in [-0.25, -0.2) is 5.43 Å². The molecule has 2 aromatic rings. The third kappa shape index (κ3) is 2.13. The normalized spacial score (nSPS) is 13.0. The molecule has 0 aromatic carbocycles. The van der Waals surface area contributed by atoms with Gasteiger partial charge in [0.1, 0.15) is 0 Å². The molecule has 2 aromatic heterocycles. The molecule has 0 spiro atoms. The zero-order valence-corrected chi connectivity index (χ0v) is 10.4. The van der Waals surface area contributed by atoms with Crippen LogP contribution in [0.4, 0.5) is 0 Å². The van der Waals surface area contributed by atoms with Gasteiger partial charge in [0.15, 0.2) is 0 Å². The monoisotopic (exact) mass is 238 g/mol. The summed E-state index contributed by atoms with van der Waals surface area (Å²) in [4.78, 5) is 2.59. The summed E-state index contributed by atoms with van der Waals surface area (Å²) in [7, 11) is 0. The highest BCUT2D eigenvalue weighted by molar-refractivity contribution is 7.12. The first-order chi connectivity index (χ1) is 7.22. The van der Waals surface area contributed by atoms with Crippen LogP contribution in [0.3, 0.4) is 0 Å². The van der Waals surface area contributed by atoms with Gasteiger partial charge in [0.25, 0.3) is 0 Å². The molecule has 0 amide bonds. The summed E-state index contributed by atoms with van der Waals surface area (Å²) < 4.78 is 0. The van der Waals surface area contributed by atoms with Crippen LogP contribution in [0, 0.1) is 13.8 Å². The molecule has 1 unspecified atom stereocenters. The molecule has 4 heteroatoms. The van der Waals surface area contributed by atoms with Crippen molar-refractivity contribution >= 4 is 22.7 Å². The summed E-state index contributed by atoms with van der Waals surface area (Å²) in [5.41, 5.74) is 5.47. The van der Waals surface area contributed by atoms with Gasteiger partial charge in [-0.1, -0.05) is 0 Å². The molecule has 0 bridgehead atoms. The van der Waals surface area contributed by atoms with Gasteiger partial charge in [-0.2, -0.15) is 11.3 Å². The Balaban J connectivity index is 2.36. The van der Waals surface area contributed by atoms with Crippen LogP contribution in [0.1, 0.15) is 26.9 Å². The number of aryl methyl sites for hydroxylation is 2. The van der Waals surface area contributed by atoms with Crippen molar-refractivity contribution in [1.82, 2.24) is 5.43 Å². The van der Waals surface area contributed by atoms with E-state index in [0.29, 0.717) is 0 Å². The summed E-state index contributed by atoms with van der Waals surface area (Å²) in [6, 6.07) is 4.41. The molecule has 2 rings (SSSR count). The Morgan fingerprint density at radius 2 is 2.07 bits per heavy atom. The Morgan fingerprint density at radius 3 is 2.53 bits per heavy atom. The summed E-state index contributed by atoms with van der Waals surface area (Å²) >= 11 is 3.51. The third-order valence-electron chi connectivity index (χ3n) is 2.42. The predicted molar refractivity (Wildman–Crippen MR) is 67.3 cm³/mol. The molecule has 0 fully saturated rings. The van der Waals surface area contributed by atoms with E-state index in [-0.39, 0.29) is 6.04 Å². The summed E-state index contributed by atoms with van der Waals surface area (Å²) in [6.45, 7) is 4.23. The minimum atomic E-state index is 0.134. The van der Waals surface area contributed by atoms with Crippen LogP contribution in [0.15, 0.2) is 22.9 Å². The largest absolute Gasteiger partial charge is 0.271 e. The van der Waals surface area contributed by atoms with Crippen molar-refractivity contribution < 1.29 is 0 Å². The van der Waals surface area contributed by atoms with E-state index in [0.717, 1.165) is 0 Å². The lowest BCUT2D eigenvalue weighted by Crippen LogP contribution is -2.28. The first kappa shape index (κ1) is 10.8. The van der Waals surface area contributed by atoms with Crippen molar-refractivity contribution in [1.29, 1.82) is 0 Å². The quantitative estimate of drug-likeness (QED) is 0.637. The number of hydrogen-bond donors (Lipinski definition) is 2. The molecule has 0 aliphatic rings. The Kier molecular flexibility index (Phi) is 3.21. The lowest BCUT2D eigenvalue weighted by molar-refractivity contribution is 0.645. The van der Waals surface area contributed by atoms with E-state index in [4.69, 9.17) is 5.84 Å². The van der Waals surface area contributed by atoms with Crippen LogP contribution in [0.25, 0.3) is 0 Å². The van der Waals surface area contributed by atoms with Crippen molar-refractivity contribution in [2.45, 2.75) is 19.9 Å². The van der Waals surface area contributed by atoms with E-state index in [1.807, 2.05) is 0 Å². The molecule has 0 aliphatic heterocycles. The van der Waals surface area contributed by atoms with Crippen LogP contribution >= 0.6 is 22.7 Å². The number of rotatable bonds is 3. The Labute approximate surface area is 97.7 Å². The average Bonchev–Trinajstić information content (AvgIpc) is 2.79. The van der Waals surface area contributed by atoms with E-state index < -0.39 is 0 Å². The van der Waals surface area contributed by atoms with Crippen LogP contribution in [0.2, 0.25) is 0 Å². The van der Waals surface area contributed by atoms with Gasteiger partial charge in [-0.3, -0.25) is 5.84 Å². The highest BCUT2D eigenvalue weighted by atomic mass is 32.1. The van der Waals surface area contributed by atoms with Crippen LogP contribution < -0.4 is 11.3 Å². The Bertz CT molecular complexity index is 445. The maximum Gasteiger partial charge on any atom is 0.0813 e. The van der Waals surface area contributed by atoms with Crippen LogP contribution in [0.5, 0.6) is 0 Å². The molecule has 0 saturated heterocycles. The van der Waals surface area contributed by atoms with E-state index in [2.05, 4.69) is 42.2 Å². The minimum Gasteiger partial charge on any atom is -0.271 e. The number of nitrogens with one attached hydrogen (secondary N) is 1. The maximum atomic E-state index is 5.64. The fraction of sp³-hybridized carbons (Fsp3) is 0.273. The molecule has 2 heterocycles. The van der Waals surface area contributed by atoms with Crippen molar-refractivity contribution in [3.05, 3.63) is 43.8 Å². The Hall–Kier alpha value is -0.680. The zero-order chi connectivity index (χ0) is 10.8. The second-order valence-corrected chi connectivity index (χ2v) is 5.62. The molecule has 15 heavy (non-hydrogen) atoms. The predicted octanol–water partition coefficient (Wildman–Crippen LogP) is 2.98. The van der Waals surface area contributed by atoms with Gasteiger partial charge in [0, 0.05) is 9.75 Å². The summed E-state index contributed by atoms with van der Waals surface area (Å²) in [5, 5.41) is 4.31. The van der Waals surface area contributed by atoms with Gasteiger partial charge in [-0.15, -0.1) is 11.3 Å². The number of thiophene rings is 2. The molecule has 3 N–H and O–H groups in total. The number of hydrogen-bond acceptors (Lipinski definition) is 4. The topological polar surface area (TPSA) is 38.0 Å². The molecular formula is C11H14N2S2. The van der Waals surface area contributed by atoms with Gasteiger partial charge in [-0.05, 0) is 47.9 Å². The number of hydrazine groups is 1. The molecular weight excluding hydrogens is 224 g/mol. The third-order valence-corrected chi connectivity index (χ3v) is 4.36. The molecule has 2 nitrogen and oxygen atoms in total. The van der Waals surface area contributed by atoms with Crippen LogP contribution in [-0.2, 0) is 0 Å². The van der Waals surface area contributed by atoms with E-state index in [1.54, 1.807) is 22.7 Å². The van der Waals surface area contributed by atoms with Crippen LogP contribution in [-0.4, -0.2) is 0 Å². The summed E-state index contributed by atoms with van der Waals surface area (Å²) in [6.07, 6.45) is 0. The standard InChI is InChI=1S/C11H14N2S2/c1-7-5-14-6-9(7)11(13-12)10-4-3-8(2)15-10/h3-6,11,13H,12H2,1-2H3. The molecule has 0 radical (unpaired) electrons. The van der Waals surface area contributed by atoms with Crippen molar-refractivity contribution in [3.8, 4) is 0 Å². The van der Waals surface area contributed by atoms with E-state index in [1.165, 1.54) is 20.9 Å². The lowest BCUT2D eigenvalue weighted by atomic mass is 10.1. The van der Waals surface area contributed by atoms with E-state index >= 15 is 0 Å².